The molecule has 2 rings (SSSR count). The molecular weight excluding hydrogens is 265 g/mol. The van der Waals surface area contributed by atoms with Crippen LogP contribution in [0.5, 0.6) is 0 Å². The van der Waals surface area contributed by atoms with Gasteiger partial charge in [0.25, 0.3) is 0 Å². The standard InChI is InChI=1S/C15H21F3N2/c1-12(19-8-11-20-9-2-3-10-20)13-4-6-14(7-5-13)15(16,17)18/h4-7,12,19H,2-3,8-11H2,1H3. The minimum absolute atomic E-state index is 0.0693. The van der Waals surface area contributed by atoms with Crippen LogP contribution in [0.25, 0.3) is 0 Å². The first-order chi connectivity index (χ1) is 9.47. The SMILES string of the molecule is CC(NCCN1CCCC1)c1ccc(C(F)(F)F)cc1. The van der Waals surface area contributed by atoms with Crippen LogP contribution in [-0.4, -0.2) is 31.1 Å². The first-order valence-corrected chi connectivity index (χ1v) is 7.10. The van der Waals surface area contributed by atoms with Crippen molar-refractivity contribution in [1.29, 1.82) is 0 Å². The first kappa shape index (κ1) is 15.3. The maximum atomic E-state index is 12.5. The van der Waals surface area contributed by atoms with Crippen molar-refractivity contribution in [1.82, 2.24) is 10.2 Å². The maximum Gasteiger partial charge on any atom is 0.416 e. The largest absolute Gasteiger partial charge is 0.416 e. The van der Waals surface area contributed by atoms with Crippen molar-refractivity contribution < 1.29 is 13.2 Å². The summed E-state index contributed by atoms with van der Waals surface area (Å²) >= 11 is 0. The van der Waals surface area contributed by atoms with Gasteiger partial charge in [0.15, 0.2) is 0 Å². The normalized spacial score (nSPS) is 18.4. The van der Waals surface area contributed by atoms with Crippen LogP contribution in [0.3, 0.4) is 0 Å². The fourth-order valence-electron chi connectivity index (χ4n) is 2.52. The van der Waals surface area contributed by atoms with Gasteiger partial charge in [0.1, 0.15) is 0 Å². The van der Waals surface area contributed by atoms with Gasteiger partial charge in [-0.15, -0.1) is 0 Å². The average Bonchev–Trinajstić information content (AvgIpc) is 2.91. The average molecular weight is 286 g/mol. The summed E-state index contributed by atoms with van der Waals surface area (Å²) in [4.78, 5) is 2.41. The molecule has 0 bridgehead atoms. The fraction of sp³-hybridized carbons (Fsp3) is 0.600. The predicted octanol–water partition coefficient (Wildman–Crippen LogP) is 3.45. The molecule has 1 aliphatic heterocycles. The molecule has 1 unspecified atom stereocenters. The van der Waals surface area contributed by atoms with Gasteiger partial charge in [-0.3, -0.25) is 0 Å². The molecular formula is C15H21F3N2. The molecule has 1 atom stereocenters. The van der Waals surface area contributed by atoms with Gasteiger partial charge in [-0.25, -0.2) is 0 Å². The van der Waals surface area contributed by atoms with Crippen molar-refractivity contribution in [2.24, 2.45) is 0 Å². The van der Waals surface area contributed by atoms with Crippen LogP contribution >= 0.6 is 0 Å². The van der Waals surface area contributed by atoms with Gasteiger partial charge < -0.3 is 10.2 Å². The summed E-state index contributed by atoms with van der Waals surface area (Å²) in [5.41, 5.74) is 0.296. The van der Waals surface area contributed by atoms with Crippen LogP contribution < -0.4 is 5.32 Å². The summed E-state index contributed by atoms with van der Waals surface area (Å²) in [5, 5.41) is 3.36. The summed E-state index contributed by atoms with van der Waals surface area (Å²) in [6, 6.07) is 5.47. The highest BCUT2D eigenvalue weighted by atomic mass is 19.4. The number of nitrogens with zero attached hydrogens (tertiary/aromatic N) is 1. The molecule has 0 saturated carbocycles. The van der Waals surface area contributed by atoms with E-state index in [9.17, 15) is 13.2 Å². The van der Waals surface area contributed by atoms with Gasteiger partial charge in [-0.1, -0.05) is 12.1 Å². The summed E-state index contributed by atoms with van der Waals surface area (Å²) < 4.78 is 37.4. The monoisotopic (exact) mass is 286 g/mol. The van der Waals surface area contributed by atoms with Crippen LogP contribution in [-0.2, 0) is 6.18 Å². The second kappa shape index (κ2) is 6.59. The van der Waals surface area contributed by atoms with E-state index in [-0.39, 0.29) is 6.04 Å². The van der Waals surface area contributed by atoms with Gasteiger partial charge in [-0.2, -0.15) is 13.2 Å². The lowest BCUT2D eigenvalue weighted by atomic mass is 10.1. The lowest BCUT2D eigenvalue weighted by Gasteiger charge is -2.19. The number of hydrogen-bond donors (Lipinski definition) is 1. The van der Waals surface area contributed by atoms with E-state index in [1.165, 1.54) is 12.8 Å². The van der Waals surface area contributed by atoms with Gasteiger partial charge in [-0.05, 0) is 50.6 Å². The Bertz CT molecular complexity index is 408. The minimum atomic E-state index is -4.26. The molecule has 1 aromatic rings. The van der Waals surface area contributed by atoms with Crippen LogP contribution in [0, 0.1) is 0 Å². The van der Waals surface area contributed by atoms with Gasteiger partial charge in [0.05, 0.1) is 5.56 Å². The third-order valence-corrected chi connectivity index (χ3v) is 3.82. The van der Waals surface area contributed by atoms with Crippen LogP contribution in [0.1, 0.15) is 36.9 Å². The number of nitrogens with one attached hydrogen (secondary N) is 1. The highest BCUT2D eigenvalue weighted by Gasteiger charge is 2.30. The molecule has 0 radical (unpaired) electrons. The molecule has 0 aromatic heterocycles. The summed E-state index contributed by atoms with van der Waals surface area (Å²) in [7, 11) is 0. The van der Waals surface area contributed by atoms with Crippen LogP contribution in [0.4, 0.5) is 13.2 Å². The Morgan fingerprint density at radius 2 is 1.75 bits per heavy atom. The highest BCUT2D eigenvalue weighted by molar-refractivity contribution is 5.26. The Kier molecular flexibility index (Phi) is 5.05. The molecule has 112 valence electrons. The lowest BCUT2D eigenvalue weighted by Crippen LogP contribution is -2.31. The Morgan fingerprint density at radius 3 is 2.30 bits per heavy atom. The molecule has 0 spiro atoms. The summed E-state index contributed by atoms with van der Waals surface area (Å²) in [6.45, 7) is 6.17. The molecule has 2 nitrogen and oxygen atoms in total. The lowest BCUT2D eigenvalue weighted by molar-refractivity contribution is -0.137. The second-order valence-corrected chi connectivity index (χ2v) is 5.34. The number of benzene rings is 1. The fourth-order valence-corrected chi connectivity index (χ4v) is 2.52. The Balaban J connectivity index is 1.81. The van der Waals surface area contributed by atoms with Crippen LogP contribution in [0.2, 0.25) is 0 Å². The van der Waals surface area contributed by atoms with Crippen molar-refractivity contribution in [3.8, 4) is 0 Å². The maximum absolute atomic E-state index is 12.5. The summed E-state index contributed by atoms with van der Waals surface area (Å²) in [5.74, 6) is 0. The molecule has 0 amide bonds. The second-order valence-electron chi connectivity index (χ2n) is 5.34. The molecule has 1 aliphatic rings. The summed E-state index contributed by atoms with van der Waals surface area (Å²) in [6.07, 6.45) is -1.71. The zero-order valence-electron chi connectivity index (χ0n) is 11.7. The van der Waals surface area contributed by atoms with Gasteiger partial charge in [0.2, 0.25) is 0 Å². The smallest absolute Gasteiger partial charge is 0.309 e. The van der Waals surface area contributed by atoms with E-state index in [1.807, 2.05) is 6.92 Å². The van der Waals surface area contributed by atoms with E-state index in [1.54, 1.807) is 12.1 Å². The molecule has 1 aromatic carbocycles. The van der Waals surface area contributed by atoms with Gasteiger partial charge in [0, 0.05) is 19.1 Å². The molecule has 5 heteroatoms. The van der Waals surface area contributed by atoms with Crippen molar-refractivity contribution in [3.05, 3.63) is 35.4 Å². The van der Waals surface area contributed by atoms with Crippen molar-refractivity contribution in [2.75, 3.05) is 26.2 Å². The Morgan fingerprint density at radius 1 is 1.15 bits per heavy atom. The number of rotatable bonds is 5. The number of hydrogen-bond acceptors (Lipinski definition) is 2. The predicted molar refractivity (Wildman–Crippen MR) is 73.5 cm³/mol. The van der Waals surface area contributed by atoms with Crippen LogP contribution in [0.15, 0.2) is 24.3 Å². The molecule has 1 fully saturated rings. The Labute approximate surface area is 118 Å². The Hall–Kier alpha value is -1.07. The molecule has 0 aliphatic carbocycles. The third kappa shape index (κ3) is 4.21. The van der Waals surface area contributed by atoms with E-state index in [0.717, 1.165) is 43.9 Å². The van der Waals surface area contributed by atoms with Gasteiger partial charge >= 0.3 is 6.18 Å². The van der Waals surface area contributed by atoms with E-state index in [0.29, 0.717) is 0 Å². The molecule has 20 heavy (non-hydrogen) atoms. The van der Waals surface area contributed by atoms with E-state index < -0.39 is 11.7 Å². The van der Waals surface area contributed by atoms with E-state index >= 15 is 0 Å². The third-order valence-electron chi connectivity index (χ3n) is 3.82. The first-order valence-electron chi connectivity index (χ1n) is 7.10. The van der Waals surface area contributed by atoms with Crippen molar-refractivity contribution in [2.45, 2.75) is 32.0 Å². The van der Waals surface area contributed by atoms with E-state index in [2.05, 4.69) is 10.2 Å². The molecule has 1 heterocycles. The number of halogens is 3. The molecule has 1 saturated heterocycles. The molecule has 1 N–H and O–H groups in total. The quantitative estimate of drug-likeness (QED) is 0.892. The van der Waals surface area contributed by atoms with Crippen molar-refractivity contribution in [3.63, 3.8) is 0 Å². The zero-order valence-corrected chi connectivity index (χ0v) is 11.7. The minimum Gasteiger partial charge on any atom is -0.309 e. The van der Waals surface area contributed by atoms with Crippen molar-refractivity contribution >= 4 is 0 Å². The van der Waals surface area contributed by atoms with E-state index in [4.69, 9.17) is 0 Å². The zero-order chi connectivity index (χ0) is 14.6. The highest BCUT2D eigenvalue weighted by Crippen LogP contribution is 2.29. The topological polar surface area (TPSA) is 15.3 Å². The number of likely N-dealkylation sites (tertiary alicyclic amines) is 1. The number of alkyl halides is 3.